The van der Waals surface area contributed by atoms with Crippen LogP contribution in [0.25, 0.3) is 0 Å². The first kappa shape index (κ1) is 20.5. The van der Waals surface area contributed by atoms with Gasteiger partial charge in [-0.15, -0.1) is 0 Å². The Balaban J connectivity index is 1.65. The summed E-state index contributed by atoms with van der Waals surface area (Å²) in [5, 5.41) is 0. The number of hydrogen-bond acceptors (Lipinski definition) is 4. The van der Waals surface area contributed by atoms with E-state index in [0.29, 0.717) is 13.0 Å². The van der Waals surface area contributed by atoms with E-state index in [0.717, 1.165) is 50.0 Å². The molecule has 4 rings (SSSR count). The number of imide groups is 1. The molecule has 1 saturated carbocycles. The summed E-state index contributed by atoms with van der Waals surface area (Å²) < 4.78 is 0. The number of anilines is 1. The Labute approximate surface area is 177 Å². The number of aryl methyl sites for hydroxylation is 2. The molecular formula is C23H30N2O3S. The summed E-state index contributed by atoms with van der Waals surface area (Å²) >= 11 is 1.65. The lowest BCUT2D eigenvalue weighted by Crippen LogP contribution is -2.52. The van der Waals surface area contributed by atoms with Gasteiger partial charge in [-0.25, -0.2) is 0 Å². The number of benzene rings is 1. The molecule has 3 atom stereocenters. The third-order valence-electron chi connectivity index (χ3n) is 6.69. The van der Waals surface area contributed by atoms with E-state index in [9.17, 15) is 14.4 Å². The maximum atomic E-state index is 13.7. The van der Waals surface area contributed by atoms with Gasteiger partial charge in [0.15, 0.2) is 0 Å². The largest absolute Gasteiger partial charge is 0.310 e. The zero-order chi connectivity index (χ0) is 20.5. The van der Waals surface area contributed by atoms with Crippen molar-refractivity contribution >= 4 is 35.2 Å². The predicted molar refractivity (Wildman–Crippen MR) is 116 cm³/mol. The molecule has 29 heavy (non-hydrogen) atoms. The minimum atomic E-state index is -0.680. The molecule has 2 heterocycles. The van der Waals surface area contributed by atoms with Crippen molar-refractivity contribution in [2.75, 3.05) is 23.5 Å². The maximum Gasteiger partial charge on any atom is 0.250 e. The minimum Gasteiger partial charge on any atom is -0.310 e. The van der Waals surface area contributed by atoms with Crippen molar-refractivity contribution in [2.24, 2.45) is 11.8 Å². The summed E-state index contributed by atoms with van der Waals surface area (Å²) in [6, 6.07) is 5.51. The molecule has 0 aromatic heterocycles. The van der Waals surface area contributed by atoms with Crippen LogP contribution >= 0.6 is 11.8 Å². The summed E-state index contributed by atoms with van der Waals surface area (Å²) in [6.07, 6.45) is 7.93. The van der Waals surface area contributed by atoms with Crippen LogP contribution in [0.2, 0.25) is 0 Å². The van der Waals surface area contributed by atoms with Gasteiger partial charge in [-0.2, -0.15) is 11.8 Å². The Morgan fingerprint density at radius 1 is 1.14 bits per heavy atom. The van der Waals surface area contributed by atoms with Gasteiger partial charge in [0.25, 0.3) is 0 Å². The summed E-state index contributed by atoms with van der Waals surface area (Å²) in [4.78, 5) is 43.2. The van der Waals surface area contributed by atoms with E-state index in [-0.39, 0.29) is 29.6 Å². The van der Waals surface area contributed by atoms with Gasteiger partial charge >= 0.3 is 0 Å². The van der Waals surface area contributed by atoms with Crippen molar-refractivity contribution in [1.82, 2.24) is 4.90 Å². The number of carbonyl (C=O) groups is 3. The second kappa shape index (κ2) is 8.50. The van der Waals surface area contributed by atoms with E-state index in [4.69, 9.17) is 0 Å². The van der Waals surface area contributed by atoms with Crippen LogP contribution in [0, 0.1) is 18.8 Å². The monoisotopic (exact) mass is 414 g/mol. The SMILES string of the molecule is CSCCC(C(=O)N1CCCc2cc(C)ccc21)N1C(=O)C2CCCCC2C1=O. The standard InChI is InChI=1S/C23H30N2O3S/c1-15-9-10-19-16(14-15)6-5-12-24(19)23(28)20(11-13-29-2)25-21(26)17-7-3-4-8-18(17)22(25)27/h9-10,14,17-18,20H,3-8,11-13H2,1-2H3. The van der Waals surface area contributed by atoms with Crippen molar-refractivity contribution in [3.05, 3.63) is 29.3 Å². The van der Waals surface area contributed by atoms with E-state index in [1.165, 1.54) is 16.0 Å². The maximum absolute atomic E-state index is 13.7. The van der Waals surface area contributed by atoms with Crippen molar-refractivity contribution in [2.45, 2.75) is 57.9 Å². The molecule has 2 fully saturated rings. The average molecular weight is 415 g/mol. The molecule has 3 amide bonds. The fourth-order valence-corrected chi connectivity index (χ4v) is 5.68. The zero-order valence-corrected chi connectivity index (χ0v) is 18.2. The molecular weight excluding hydrogens is 384 g/mol. The minimum absolute atomic E-state index is 0.0933. The fourth-order valence-electron chi connectivity index (χ4n) is 5.22. The zero-order valence-electron chi connectivity index (χ0n) is 17.4. The van der Waals surface area contributed by atoms with Gasteiger partial charge in [0.2, 0.25) is 17.7 Å². The molecule has 156 valence electrons. The van der Waals surface area contributed by atoms with Crippen molar-refractivity contribution in [1.29, 1.82) is 0 Å². The van der Waals surface area contributed by atoms with Gasteiger partial charge in [0.05, 0.1) is 11.8 Å². The summed E-state index contributed by atoms with van der Waals surface area (Å²) in [7, 11) is 0. The molecule has 6 heteroatoms. The fraction of sp³-hybridized carbons (Fsp3) is 0.609. The number of thioether (sulfide) groups is 1. The molecule has 2 aliphatic heterocycles. The smallest absolute Gasteiger partial charge is 0.250 e. The van der Waals surface area contributed by atoms with Crippen LogP contribution in [0.5, 0.6) is 0 Å². The Kier molecular flexibility index (Phi) is 6.00. The lowest BCUT2D eigenvalue weighted by Gasteiger charge is -2.35. The first-order valence-corrected chi connectivity index (χ1v) is 12.2. The molecule has 1 aliphatic carbocycles. The van der Waals surface area contributed by atoms with Gasteiger partial charge in [-0.1, -0.05) is 30.5 Å². The Hall–Kier alpha value is -1.82. The van der Waals surface area contributed by atoms with Crippen LogP contribution in [0.4, 0.5) is 5.69 Å². The van der Waals surface area contributed by atoms with Crippen LogP contribution in [0.1, 0.15) is 49.7 Å². The first-order valence-electron chi connectivity index (χ1n) is 10.8. The molecule has 0 bridgehead atoms. The summed E-state index contributed by atoms with van der Waals surface area (Å²) in [5.74, 6) is 0.0104. The van der Waals surface area contributed by atoms with Gasteiger partial charge in [0, 0.05) is 12.2 Å². The quantitative estimate of drug-likeness (QED) is 0.691. The average Bonchev–Trinajstić information content (AvgIpc) is 2.98. The number of likely N-dealkylation sites (tertiary alicyclic amines) is 1. The van der Waals surface area contributed by atoms with Gasteiger partial charge < -0.3 is 4.90 Å². The van der Waals surface area contributed by atoms with Crippen LogP contribution in [0.15, 0.2) is 18.2 Å². The number of fused-ring (bicyclic) bond motifs is 2. The van der Waals surface area contributed by atoms with Gasteiger partial charge in [0.1, 0.15) is 6.04 Å². The van der Waals surface area contributed by atoms with Crippen LogP contribution in [0.3, 0.4) is 0 Å². The molecule has 1 saturated heterocycles. The molecule has 3 unspecified atom stereocenters. The number of amides is 3. The third-order valence-corrected chi connectivity index (χ3v) is 7.33. The molecule has 0 radical (unpaired) electrons. The highest BCUT2D eigenvalue weighted by Gasteiger charge is 2.52. The number of nitrogens with zero attached hydrogens (tertiary/aromatic N) is 2. The number of hydrogen-bond donors (Lipinski definition) is 0. The molecule has 1 aromatic rings. The lowest BCUT2D eigenvalue weighted by atomic mass is 9.81. The van der Waals surface area contributed by atoms with Crippen LogP contribution in [-0.2, 0) is 20.8 Å². The van der Waals surface area contributed by atoms with Gasteiger partial charge in [-0.05, 0) is 62.7 Å². The summed E-state index contributed by atoms with van der Waals surface area (Å²) in [6.45, 7) is 2.71. The Morgan fingerprint density at radius 2 is 1.83 bits per heavy atom. The Bertz CT molecular complexity index is 800. The number of carbonyl (C=O) groups excluding carboxylic acids is 3. The van der Waals surface area contributed by atoms with E-state index in [2.05, 4.69) is 13.0 Å². The van der Waals surface area contributed by atoms with Crippen LogP contribution in [-0.4, -0.2) is 47.2 Å². The first-order chi connectivity index (χ1) is 14.0. The van der Waals surface area contributed by atoms with Crippen molar-refractivity contribution < 1.29 is 14.4 Å². The number of rotatable bonds is 5. The van der Waals surface area contributed by atoms with Crippen molar-refractivity contribution in [3.8, 4) is 0 Å². The van der Waals surface area contributed by atoms with E-state index < -0.39 is 6.04 Å². The highest BCUT2D eigenvalue weighted by atomic mass is 32.2. The molecule has 0 spiro atoms. The van der Waals surface area contributed by atoms with E-state index >= 15 is 0 Å². The molecule has 5 nitrogen and oxygen atoms in total. The van der Waals surface area contributed by atoms with E-state index in [1.807, 2.05) is 23.3 Å². The van der Waals surface area contributed by atoms with Crippen LogP contribution < -0.4 is 4.90 Å². The normalized spacial score (nSPS) is 25.0. The van der Waals surface area contributed by atoms with Gasteiger partial charge in [-0.3, -0.25) is 19.3 Å². The topological polar surface area (TPSA) is 57.7 Å². The molecule has 0 N–H and O–H groups in total. The molecule has 3 aliphatic rings. The molecule has 1 aromatic carbocycles. The summed E-state index contributed by atoms with van der Waals surface area (Å²) in [5.41, 5.74) is 3.31. The van der Waals surface area contributed by atoms with E-state index in [1.54, 1.807) is 11.8 Å². The predicted octanol–water partition coefficient (Wildman–Crippen LogP) is 3.57. The third kappa shape index (κ3) is 3.72. The second-order valence-electron chi connectivity index (χ2n) is 8.57. The highest BCUT2D eigenvalue weighted by molar-refractivity contribution is 7.98. The highest BCUT2D eigenvalue weighted by Crippen LogP contribution is 2.40. The Morgan fingerprint density at radius 3 is 2.48 bits per heavy atom. The lowest BCUT2D eigenvalue weighted by molar-refractivity contribution is -0.147. The van der Waals surface area contributed by atoms with Crippen molar-refractivity contribution in [3.63, 3.8) is 0 Å². The second-order valence-corrected chi connectivity index (χ2v) is 9.55.